The highest BCUT2D eigenvalue weighted by Gasteiger charge is 2.19. The van der Waals surface area contributed by atoms with Gasteiger partial charge in [0, 0.05) is 26.2 Å². The van der Waals surface area contributed by atoms with E-state index in [0.29, 0.717) is 5.69 Å². The summed E-state index contributed by atoms with van der Waals surface area (Å²) < 4.78 is 1.84. The molecule has 5 heteroatoms. The Balaban J connectivity index is 1.97. The van der Waals surface area contributed by atoms with Gasteiger partial charge < -0.3 is 10.2 Å². The van der Waals surface area contributed by atoms with E-state index in [1.165, 1.54) is 0 Å². The van der Waals surface area contributed by atoms with Crippen LogP contribution < -0.4 is 5.32 Å². The molecule has 0 aliphatic carbocycles. The van der Waals surface area contributed by atoms with Crippen LogP contribution in [0.3, 0.4) is 0 Å². The van der Waals surface area contributed by atoms with Crippen LogP contribution in [0.15, 0.2) is 30.7 Å². The number of nitrogens with zero attached hydrogens (tertiary/aromatic N) is 3. The molecule has 1 saturated heterocycles. The van der Waals surface area contributed by atoms with Gasteiger partial charge in [0.1, 0.15) is 5.69 Å². The van der Waals surface area contributed by atoms with Crippen molar-refractivity contribution in [3.05, 3.63) is 36.4 Å². The molecule has 1 aliphatic rings. The van der Waals surface area contributed by atoms with Gasteiger partial charge in [-0.2, -0.15) is 0 Å². The van der Waals surface area contributed by atoms with E-state index in [1.807, 2.05) is 27.5 Å². The minimum absolute atomic E-state index is 0.0788. The van der Waals surface area contributed by atoms with E-state index in [1.54, 1.807) is 12.5 Å². The third-order valence-corrected chi connectivity index (χ3v) is 3.07. The van der Waals surface area contributed by atoms with Crippen molar-refractivity contribution in [1.82, 2.24) is 19.6 Å². The molecule has 2 aromatic heterocycles. The second kappa shape index (κ2) is 4.18. The van der Waals surface area contributed by atoms with Gasteiger partial charge in [0.2, 0.25) is 0 Å². The van der Waals surface area contributed by atoms with Gasteiger partial charge in [-0.3, -0.25) is 9.20 Å². The fraction of sp³-hybridized carbons (Fsp3) is 0.333. The Hall–Kier alpha value is -1.88. The zero-order valence-electron chi connectivity index (χ0n) is 9.47. The Bertz CT molecular complexity index is 542. The monoisotopic (exact) mass is 230 g/mol. The minimum atomic E-state index is 0.0788. The van der Waals surface area contributed by atoms with Crippen molar-refractivity contribution in [2.24, 2.45) is 0 Å². The lowest BCUT2D eigenvalue weighted by atomic mass is 10.2. The van der Waals surface area contributed by atoms with Crippen LogP contribution >= 0.6 is 0 Å². The van der Waals surface area contributed by atoms with E-state index in [2.05, 4.69) is 10.3 Å². The number of piperazine rings is 1. The van der Waals surface area contributed by atoms with Gasteiger partial charge in [0.05, 0.1) is 18.0 Å². The Morgan fingerprint density at radius 1 is 1.29 bits per heavy atom. The molecular weight excluding hydrogens is 216 g/mol. The van der Waals surface area contributed by atoms with E-state index in [4.69, 9.17) is 0 Å². The van der Waals surface area contributed by atoms with Gasteiger partial charge in [0.25, 0.3) is 5.91 Å². The van der Waals surface area contributed by atoms with Crippen LogP contribution in [-0.2, 0) is 0 Å². The number of carbonyl (C=O) groups excluding carboxylic acids is 1. The van der Waals surface area contributed by atoms with E-state index in [-0.39, 0.29) is 5.91 Å². The van der Waals surface area contributed by atoms with Crippen LogP contribution in [0.4, 0.5) is 0 Å². The quantitative estimate of drug-likeness (QED) is 0.770. The van der Waals surface area contributed by atoms with Crippen LogP contribution in [0.25, 0.3) is 5.52 Å². The molecule has 0 unspecified atom stereocenters. The number of nitrogens with one attached hydrogen (secondary N) is 1. The largest absolute Gasteiger partial charge is 0.335 e. The molecule has 5 nitrogen and oxygen atoms in total. The molecule has 0 bridgehead atoms. The van der Waals surface area contributed by atoms with E-state index in [9.17, 15) is 4.79 Å². The summed E-state index contributed by atoms with van der Waals surface area (Å²) in [5, 5.41) is 3.24. The summed E-state index contributed by atoms with van der Waals surface area (Å²) in [6.07, 6.45) is 3.44. The Morgan fingerprint density at radius 2 is 2.12 bits per heavy atom. The average molecular weight is 230 g/mol. The van der Waals surface area contributed by atoms with Crippen LogP contribution in [0, 0.1) is 0 Å². The molecule has 2 aromatic rings. The zero-order chi connectivity index (χ0) is 11.7. The first kappa shape index (κ1) is 10.3. The van der Waals surface area contributed by atoms with Crippen molar-refractivity contribution in [1.29, 1.82) is 0 Å². The molecule has 1 aliphatic heterocycles. The standard InChI is InChI=1S/C12H14N4O/c17-12(15-6-4-13-5-7-15)11-3-1-2-10-8-14-9-16(10)11/h1-3,8-9,13H,4-7H2. The van der Waals surface area contributed by atoms with Gasteiger partial charge in [0.15, 0.2) is 0 Å². The Morgan fingerprint density at radius 3 is 2.94 bits per heavy atom. The van der Waals surface area contributed by atoms with E-state index >= 15 is 0 Å². The highest BCUT2D eigenvalue weighted by atomic mass is 16.2. The predicted octanol–water partition coefficient (Wildman–Crippen LogP) is 0.380. The smallest absolute Gasteiger partial charge is 0.270 e. The molecule has 0 spiro atoms. The molecule has 17 heavy (non-hydrogen) atoms. The molecular formula is C12H14N4O. The lowest BCUT2D eigenvalue weighted by Crippen LogP contribution is -2.46. The zero-order valence-corrected chi connectivity index (χ0v) is 9.47. The maximum Gasteiger partial charge on any atom is 0.270 e. The number of amides is 1. The highest BCUT2D eigenvalue weighted by molar-refractivity contribution is 5.93. The van der Waals surface area contributed by atoms with E-state index < -0.39 is 0 Å². The molecule has 3 rings (SSSR count). The number of hydrogen-bond donors (Lipinski definition) is 1. The third kappa shape index (κ3) is 1.78. The first-order valence-corrected chi connectivity index (χ1v) is 5.77. The lowest BCUT2D eigenvalue weighted by molar-refractivity contribution is 0.0728. The number of hydrogen-bond acceptors (Lipinski definition) is 3. The second-order valence-electron chi connectivity index (χ2n) is 4.14. The number of rotatable bonds is 1. The van der Waals surface area contributed by atoms with E-state index in [0.717, 1.165) is 31.7 Å². The van der Waals surface area contributed by atoms with Gasteiger partial charge in [-0.25, -0.2) is 4.98 Å². The summed E-state index contributed by atoms with van der Waals surface area (Å²) in [7, 11) is 0. The maximum atomic E-state index is 12.4. The predicted molar refractivity (Wildman–Crippen MR) is 64.0 cm³/mol. The molecule has 1 N–H and O–H groups in total. The number of imidazole rings is 1. The van der Waals surface area contributed by atoms with Crippen molar-refractivity contribution in [3.8, 4) is 0 Å². The molecule has 3 heterocycles. The summed E-state index contributed by atoms with van der Waals surface area (Å²) in [5.74, 6) is 0.0788. The molecule has 88 valence electrons. The van der Waals surface area contributed by atoms with Crippen molar-refractivity contribution < 1.29 is 4.79 Å². The SMILES string of the molecule is O=C(c1cccc2cncn12)N1CCNCC1. The highest BCUT2D eigenvalue weighted by Crippen LogP contribution is 2.10. The third-order valence-electron chi connectivity index (χ3n) is 3.07. The summed E-state index contributed by atoms with van der Waals surface area (Å²) >= 11 is 0. The van der Waals surface area contributed by atoms with Gasteiger partial charge in [-0.15, -0.1) is 0 Å². The first-order valence-electron chi connectivity index (χ1n) is 5.77. The lowest BCUT2D eigenvalue weighted by Gasteiger charge is -2.27. The van der Waals surface area contributed by atoms with Crippen molar-refractivity contribution in [2.45, 2.75) is 0 Å². The van der Waals surface area contributed by atoms with Crippen LogP contribution in [-0.4, -0.2) is 46.4 Å². The van der Waals surface area contributed by atoms with Crippen LogP contribution in [0.5, 0.6) is 0 Å². The first-order chi connectivity index (χ1) is 8.36. The van der Waals surface area contributed by atoms with Crippen molar-refractivity contribution in [3.63, 3.8) is 0 Å². The summed E-state index contributed by atoms with van der Waals surface area (Å²) in [6.45, 7) is 3.27. The van der Waals surface area contributed by atoms with Gasteiger partial charge >= 0.3 is 0 Å². The second-order valence-corrected chi connectivity index (χ2v) is 4.14. The van der Waals surface area contributed by atoms with Crippen molar-refractivity contribution in [2.75, 3.05) is 26.2 Å². The molecule has 0 saturated carbocycles. The molecule has 0 aromatic carbocycles. The molecule has 0 radical (unpaired) electrons. The minimum Gasteiger partial charge on any atom is -0.335 e. The number of aromatic nitrogens is 2. The van der Waals surface area contributed by atoms with Crippen LogP contribution in [0.1, 0.15) is 10.5 Å². The van der Waals surface area contributed by atoms with Crippen LogP contribution in [0.2, 0.25) is 0 Å². The topological polar surface area (TPSA) is 49.6 Å². The molecule has 1 fully saturated rings. The average Bonchev–Trinajstić information content (AvgIpc) is 2.87. The fourth-order valence-corrected chi connectivity index (χ4v) is 2.15. The number of pyridine rings is 1. The summed E-state index contributed by atoms with van der Waals surface area (Å²) in [5.41, 5.74) is 1.63. The summed E-state index contributed by atoms with van der Waals surface area (Å²) in [6, 6.07) is 5.69. The Labute approximate surface area is 99.1 Å². The Kier molecular flexibility index (Phi) is 2.53. The number of fused-ring (bicyclic) bond motifs is 1. The molecule has 0 atom stereocenters. The summed E-state index contributed by atoms with van der Waals surface area (Å²) in [4.78, 5) is 18.3. The van der Waals surface area contributed by atoms with Crippen molar-refractivity contribution >= 4 is 11.4 Å². The van der Waals surface area contributed by atoms with Gasteiger partial charge in [-0.05, 0) is 12.1 Å². The maximum absolute atomic E-state index is 12.4. The fourth-order valence-electron chi connectivity index (χ4n) is 2.15. The van der Waals surface area contributed by atoms with Gasteiger partial charge in [-0.1, -0.05) is 6.07 Å². The normalized spacial score (nSPS) is 16.4. The number of carbonyl (C=O) groups is 1. The molecule has 1 amide bonds.